The van der Waals surface area contributed by atoms with Gasteiger partial charge in [-0.05, 0) is 43.5 Å². The number of hydrogen-bond acceptors (Lipinski definition) is 6. The molecule has 2 fully saturated rings. The zero-order valence-electron chi connectivity index (χ0n) is 13.9. The van der Waals surface area contributed by atoms with E-state index in [0.29, 0.717) is 13.2 Å². The van der Waals surface area contributed by atoms with E-state index in [9.17, 15) is 21.2 Å². The zero-order chi connectivity index (χ0) is 18.2. The van der Waals surface area contributed by atoms with Gasteiger partial charge in [0.2, 0.25) is 0 Å². The van der Waals surface area contributed by atoms with Gasteiger partial charge in [0, 0.05) is 19.2 Å². The summed E-state index contributed by atoms with van der Waals surface area (Å²) in [6, 6.07) is 2.86. The highest BCUT2D eigenvalue weighted by molar-refractivity contribution is 7.96. The van der Waals surface area contributed by atoms with E-state index in [4.69, 9.17) is 4.74 Å². The highest BCUT2D eigenvalue weighted by Crippen LogP contribution is 2.27. The van der Waals surface area contributed by atoms with Gasteiger partial charge in [-0.2, -0.15) is 0 Å². The van der Waals surface area contributed by atoms with Crippen LogP contribution in [0.4, 0.5) is 4.39 Å². The maximum Gasteiger partial charge on any atom is 0.183 e. The molecule has 0 saturated carbocycles. The molecule has 6 nitrogen and oxygen atoms in total. The molecule has 0 radical (unpaired) electrons. The minimum absolute atomic E-state index is 0.0141. The van der Waals surface area contributed by atoms with Gasteiger partial charge < -0.3 is 10.1 Å². The van der Waals surface area contributed by atoms with Gasteiger partial charge in [0.25, 0.3) is 0 Å². The molecule has 0 aliphatic carbocycles. The minimum Gasteiger partial charge on any atom is -0.377 e. The summed E-state index contributed by atoms with van der Waals surface area (Å²) >= 11 is 0. The summed E-state index contributed by atoms with van der Waals surface area (Å²) in [5, 5.41) is 1.99. The van der Waals surface area contributed by atoms with Crippen LogP contribution in [0.15, 0.2) is 23.1 Å². The Morgan fingerprint density at radius 1 is 1.32 bits per heavy atom. The van der Waals surface area contributed by atoms with E-state index in [-0.39, 0.29) is 22.3 Å². The van der Waals surface area contributed by atoms with Crippen LogP contribution in [-0.4, -0.2) is 58.9 Å². The summed E-state index contributed by atoms with van der Waals surface area (Å²) in [4.78, 5) is -0.0441. The Bertz CT molecular complexity index is 847. The number of halogens is 1. The summed E-state index contributed by atoms with van der Waals surface area (Å²) in [5.41, 5.74) is 0.214. The Labute approximate surface area is 147 Å². The van der Waals surface area contributed by atoms with E-state index >= 15 is 0 Å². The Hall–Kier alpha value is -1.03. The molecule has 3 rings (SSSR count). The molecule has 0 spiro atoms. The van der Waals surface area contributed by atoms with Gasteiger partial charge >= 0.3 is 0 Å². The second-order valence-corrected chi connectivity index (χ2v) is 11.0. The first-order valence-electron chi connectivity index (χ1n) is 8.24. The molecule has 1 aromatic carbocycles. The largest absolute Gasteiger partial charge is 0.377 e. The first kappa shape index (κ1) is 18.8. The van der Waals surface area contributed by atoms with Crippen LogP contribution in [0.3, 0.4) is 0 Å². The van der Waals surface area contributed by atoms with Crippen LogP contribution in [-0.2, 0) is 24.4 Å². The Morgan fingerprint density at radius 2 is 2.08 bits per heavy atom. The first-order valence-corrected chi connectivity index (χ1v) is 11.6. The van der Waals surface area contributed by atoms with Crippen LogP contribution in [0.5, 0.6) is 0 Å². The lowest BCUT2D eigenvalue weighted by atomic mass is 10.2. The minimum atomic E-state index is -3.89. The van der Waals surface area contributed by atoms with Crippen LogP contribution in [0.2, 0.25) is 0 Å². The van der Waals surface area contributed by atoms with Gasteiger partial charge in [0.15, 0.2) is 19.7 Å². The first-order chi connectivity index (χ1) is 11.7. The van der Waals surface area contributed by atoms with Gasteiger partial charge in [-0.1, -0.05) is 0 Å². The lowest BCUT2D eigenvalue weighted by Crippen LogP contribution is -2.45. The molecule has 25 heavy (non-hydrogen) atoms. The average Bonchev–Trinajstić information content (AvgIpc) is 3.15. The molecule has 9 heteroatoms. The number of sulfone groups is 2. The lowest BCUT2D eigenvalue weighted by Gasteiger charge is -2.22. The average molecular weight is 391 g/mol. The smallest absolute Gasteiger partial charge is 0.183 e. The molecule has 1 aromatic rings. The Balaban J connectivity index is 1.84. The van der Waals surface area contributed by atoms with Crippen molar-refractivity contribution in [1.82, 2.24) is 5.32 Å². The fraction of sp³-hybridized carbons (Fsp3) is 0.625. The zero-order valence-corrected chi connectivity index (χ0v) is 15.6. The number of rotatable bonds is 5. The molecular formula is C16H22FNO5S2. The Kier molecular flexibility index (Phi) is 5.21. The SMILES string of the molecule is Cc1cc(S(=O)(=O)[C@H]2CS(=O)(=O)C[C@@H]2NCC2CCCO2)ccc1F. The van der Waals surface area contributed by atoms with Crippen molar-refractivity contribution in [3.63, 3.8) is 0 Å². The van der Waals surface area contributed by atoms with Gasteiger partial charge in [0.05, 0.1) is 27.8 Å². The quantitative estimate of drug-likeness (QED) is 0.749. The molecule has 0 aromatic heterocycles. The van der Waals surface area contributed by atoms with E-state index in [2.05, 4.69) is 5.32 Å². The number of benzene rings is 1. The highest BCUT2D eigenvalue weighted by atomic mass is 32.2. The summed E-state index contributed by atoms with van der Waals surface area (Å²) in [6.07, 6.45) is 1.81. The summed E-state index contributed by atoms with van der Waals surface area (Å²) in [7, 11) is -7.35. The number of aryl methyl sites for hydroxylation is 1. The highest BCUT2D eigenvalue weighted by Gasteiger charge is 2.45. The third-order valence-corrected chi connectivity index (χ3v) is 8.94. The van der Waals surface area contributed by atoms with Gasteiger partial charge in [-0.3, -0.25) is 0 Å². The predicted octanol–water partition coefficient (Wildman–Crippen LogP) is 0.842. The summed E-state index contributed by atoms with van der Waals surface area (Å²) in [6.45, 7) is 2.58. The van der Waals surface area contributed by atoms with Crippen LogP contribution >= 0.6 is 0 Å². The molecule has 3 atom stereocenters. The standard InChI is InChI=1S/C16H22FNO5S2/c1-11-7-13(4-5-14(11)17)25(21,22)16-10-24(19,20)9-15(16)18-8-12-3-2-6-23-12/h4-5,7,12,15-16,18H,2-3,6,8-10H2,1H3/t12?,15-,16-/m0/s1. The van der Waals surface area contributed by atoms with Crippen molar-refractivity contribution < 1.29 is 26.0 Å². The third kappa shape index (κ3) is 4.05. The second-order valence-electron chi connectivity index (χ2n) is 6.72. The molecule has 1 N–H and O–H groups in total. The lowest BCUT2D eigenvalue weighted by molar-refractivity contribution is 0.108. The van der Waals surface area contributed by atoms with Gasteiger partial charge in [-0.25, -0.2) is 21.2 Å². The maximum atomic E-state index is 13.4. The predicted molar refractivity (Wildman–Crippen MR) is 91.5 cm³/mol. The molecule has 140 valence electrons. The van der Waals surface area contributed by atoms with Crippen LogP contribution in [0.25, 0.3) is 0 Å². The number of nitrogens with one attached hydrogen (secondary N) is 1. The van der Waals surface area contributed by atoms with E-state index in [1.165, 1.54) is 19.1 Å². The van der Waals surface area contributed by atoms with E-state index in [1.54, 1.807) is 0 Å². The summed E-state index contributed by atoms with van der Waals surface area (Å²) in [5.74, 6) is -1.13. The van der Waals surface area contributed by atoms with E-state index in [0.717, 1.165) is 18.9 Å². The van der Waals surface area contributed by atoms with Gasteiger partial charge in [-0.15, -0.1) is 0 Å². The van der Waals surface area contributed by atoms with E-state index < -0.39 is 42.5 Å². The van der Waals surface area contributed by atoms with Gasteiger partial charge in [0.1, 0.15) is 5.82 Å². The van der Waals surface area contributed by atoms with Crippen LogP contribution in [0.1, 0.15) is 18.4 Å². The van der Waals surface area contributed by atoms with Crippen molar-refractivity contribution in [1.29, 1.82) is 0 Å². The fourth-order valence-corrected chi connectivity index (χ4v) is 8.17. The Morgan fingerprint density at radius 3 is 2.72 bits per heavy atom. The third-order valence-electron chi connectivity index (χ3n) is 4.79. The molecule has 2 aliphatic heterocycles. The second kappa shape index (κ2) is 6.94. The van der Waals surface area contributed by atoms with Crippen molar-refractivity contribution in [3.8, 4) is 0 Å². The molecule has 2 heterocycles. The number of ether oxygens (including phenoxy) is 1. The van der Waals surface area contributed by atoms with Crippen molar-refractivity contribution in [2.75, 3.05) is 24.7 Å². The summed E-state index contributed by atoms with van der Waals surface area (Å²) < 4.78 is 68.9. The van der Waals surface area contributed by atoms with E-state index in [1.807, 2.05) is 0 Å². The van der Waals surface area contributed by atoms with Crippen molar-refractivity contribution >= 4 is 19.7 Å². The molecular weight excluding hydrogens is 369 g/mol. The van der Waals surface area contributed by atoms with Crippen molar-refractivity contribution in [2.45, 2.75) is 42.1 Å². The monoisotopic (exact) mass is 391 g/mol. The normalized spacial score (nSPS) is 29.1. The van der Waals surface area contributed by atoms with Crippen molar-refractivity contribution in [2.24, 2.45) is 0 Å². The number of hydrogen-bond donors (Lipinski definition) is 1. The molecule has 2 saturated heterocycles. The topological polar surface area (TPSA) is 89.5 Å². The molecule has 2 aliphatic rings. The van der Waals surface area contributed by atoms with Crippen LogP contribution in [0, 0.1) is 12.7 Å². The maximum absolute atomic E-state index is 13.4. The van der Waals surface area contributed by atoms with Crippen molar-refractivity contribution in [3.05, 3.63) is 29.6 Å². The fourth-order valence-electron chi connectivity index (χ4n) is 3.37. The molecule has 1 unspecified atom stereocenters. The molecule has 0 bridgehead atoms. The van der Waals surface area contributed by atoms with Crippen LogP contribution < -0.4 is 5.32 Å². The molecule has 0 amide bonds.